The van der Waals surface area contributed by atoms with Gasteiger partial charge in [-0.2, -0.15) is 0 Å². The largest absolute Gasteiger partial charge is 0.496 e. The highest BCUT2D eigenvalue weighted by Crippen LogP contribution is 2.46. The number of pyridine rings is 1. The van der Waals surface area contributed by atoms with Gasteiger partial charge in [-0.3, -0.25) is 19.5 Å². The minimum absolute atomic E-state index is 0.0490. The molecule has 1 aromatic rings. The first-order valence-corrected chi connectivity index (χ1v) is 10.4. The number of rotatable bonds is 5. The average Bonchev–Trinajstić information content (AvgIpc) is 2.83. The third kappa shape index (κ3) is 4.13. The zero-order valence-electron chi connectivity index (χ0n) is 18.7. The van der Waals surface area contributed by atoms with Crippen LogP contribution in [0.3, 0.4) is 0 Å². The Morgan fingerprint density at radius 2 is 2.03 bits per heavy atom. The number of aromatic nitrogens is 1. The Bertz CT molecular complexity index is 882. The van der Waals surface area contributed by atoms with Gasteiger partial charge in [-0.1, -0.05) is 20.8 Å². The highest BCUT2D eigenvalue weighted by atomic mass is 16.5. The molecule has 1 aromatic heterocycles. The molecule has 1 aliphatic heterocycles. The lowest BCUT2D eigenvalue weighted by atomic mass is 9.64. The molecule has 8 nitrogen and oxygen atoms in total. The van der Waals surface area contributed by atoms with E-state index in [-0.39, 0.29) is 24.4 Å². The van der Waals surface area contributed by atoms with Gasteiger partial charge < -0.3 is 15.4 Å². The van der Waals surface area contributed by atoms with Gasteiger partial charge in [0, 0.05) is 17.3 Å². The maximum Gasteiger partial charge on any atom is 0.325 e. The van der Waals surface area contributed by atoms with Crippen LogP contribution in [-0.4, -0.2) is 46.9 Å². The van der Waals surface area contributed by atoms with Crippen LogP contribution in [0.5, 0.6) is 5.75 Å². The van der Waals surface area contributed by atoms with Gasteiger partial charge in [0.05, 0.1) is 19.3 Å². The van der Waals surface area contributed by atoms with Gasteiger partial charge in [0.2, 0.25) is 5.91 Å². The van der Waals surface area contributed by atoms with E-state index in [0.717, 1.165) is 28.2 Å². The number of nitrogens with one attached hydrogen (secondary N) is 2. The number of carbonyl (C=O) groups is 3. The summed E-state index contributed by atoms with van der Waals surface area (Å²) in [5.74, 6) is 0.352. The molecule has 2 aliphatic rings. The van der Waals surface area contributed by atoms with E-state index in [1.54, 1.807) is 13.3 Å². The fourth-order valence-corrected chi connectivity index (χ4v) is 5.28. The van der Waals surface area contributed by atoms with E-state index in [1.807, 2.05) is 13.8 Å². The number of imide groups is 1. The number of ether oxygens (including phenoxy) is 1. The summed E-state index contributed by atoms with van der Waals surface area (Å²) in [5, 5.41) is 5.66. The molecule has 2 heterocycles. The molecule has 0 aromatic carbocycles. The van der Waals surface area contributed by atoms with Crippen LogP contribution in [0.2, 0.25) is 0 Å². The fourth-order valence-electron chi connectivity index (χ4n) is 5.28. The van der Waals surface area contributed by atoms with Crippen LogP contribution >= 0.6 is 0 Å². The summed E-state index contributed by atoms with van der Waals surface area (Å²) < 4.78 is 5.39. The lowest BCUT2D eigenvalue weighted by Gasteiger charge is -2.43. The third-order valence-electron chi connectivity index (χ3n) is 6.13. The second-order valence-corrected chi connectivity index (χ2v) is 9.58. The van der Waals surface area contributed by atoms with Crippen LogP contribution in [0.1, 0.15) is 56.9 Å². The highest BCUT2D eigenvalue weighted by Gasteiger charge is 2.56. The maximum atomic E-state index is 13.1. The Labute approximate surface area is 177 Å². The van der Waals surface area contributed by atoms with Crippen molar-refractivity contribution in [3.63, 3.8) is 0 Å². The molecule has 4 amide bonds. The molecular weight excluding hydrogens is 384 g/mol. The molecule has 164 valence electrons. The fraction of sp³-hybridized carbons (Fsp3) is 0.636. The second kappa shape index (κ2) is 7.89. The van der Waals surface area contributed by atoms with E-state index >= 15 is 0 Å². The summed E-state index contributed by atoms with van der Waals surface area (Å²) in [6.45, 7) is 10.0. The zero-order chi connectivity index (χ0) is 22.3. The molecule has 2 fully saturated rings. The Hall–Kier alpha value is -2.64. The molecule has 3 rings (SSSR count). The number of methoxy groups -OCH3 is 1. The average molecular weight is 417 g/mol. The number of urea groups is 1. The molecule has 30 heavy (non-hydrogen) atoms. The minimum Gasteiger partial charge on any atom is -0.496 e. The molecule has 0 radical (unpaired) electrons. The molecule has 1 saturated carbocycles. The number of hydrogen-bond donors (Lipinski definition) is 2. The molecule has 2 N–H and O–H groups in total. The Morgan fingerprint density at radius 3 is 2.67 bits per heavy atom. The van der Waals surface area contributed by atoms with Crippen LogP contribution < -0.4 is 15.4 Å². The van der Waals surface area contributed by atoms with Gasteiger partial charge in [0.15, 0.2) is 0 Å². The van der Waals surface area contributed by atoms with Gasteiger partial charge in [0.1, 0.15) is 17.8 Å². The van der Waals surface area contributed by atoms with E-state index in [9.17, 15) is 14.4 Å². The maximum absolute atomic E-state index is 13.1. The van der Waals surface area contributed by atoms with Crippen molar-refractivity contribution in [1.82, 2.24) is 20.5 Å². The van der Waals surface area contributed by atoms with Crippen LogP contribution in [0.4, 0.5) is 4.79 Å². The predicted molar refractivity (Wildman–Crippen MR) is 112 cm³/mol. The number of aryl methyl sites for hydroxylation is 1. The van der Waals surface area contributed by atoms with Crippen molar-refractivity contribution in [3.8, 4) is 5.75 Å². The van der Waals surface area contributed by atoms with Crippen LogP contribution in [0.15, 0.2) is 6.20 Å². The first-order valence-electron chi connectivity index (χ1n) is 10.4. The topological polar surface area (TPSA) is 101 Å². The summed E-state index contributed by atoms with van der Waals surface area (Å²) in [5.41, 5.74) is 1.50. The molecule has 2 atom stereocenters. The third-order valence-corrected chi connectivity index (χ3v) is 6.13. The molecule has 0 bridgehead atoms. The second-order valence-electron chi connectivity index (χ2n) is 9.58. The van der Waals surface area contributed by atoms with Gasteiger partial charge in [-0.25, -0.2) is 4.79 Å². The number of amides is 4. The van der Waals surface area contributed by atoms with Crippen molar-refractivity contribution >= 4 is 17.8 Å². The summed E-state index contributed by atoms with van der Waals surface area (Å²) in [6.07, 6.45) is 3.88. The van der Waals surface area contributed by atoms with Crippen LogP contribution in [0, 0.1) is 25.2 Å². The Kier molecular flexibility index (Phi) is 5.80. The van der Waals surface area contributed by atoms with Crippen molar-refractivity contribution in [3.05, 3.63) is 23.0 Å². The van der Waals surface area contributed by atoms with Crippen molar-refractivity contribution < 1.29 is 19.1 Å². The molecule has 1 spiro atoms. The van der Waals surface area contributed by atoms with Gasteiger partial charge >= 0.3 is 6.03 Å². The molecule has 1 saturated heterocycles. The summed E-state index contributed by atoms with van der Waals surface area (Å²) in [4.78, 5) is 43.6. The zero-order valence-corrected chi connectivity index (χ0v) is 18.7. The lowest BCUT2D eigenvalue weighted by molar-refractivity contribution is -0.137. The Balaban J connectivity index is 1.66. The highest BCUT2D eigenvalue weighted by molar-refractivity contribution is 6.09. The smallest absolute Gasteiger partial charge is 0.325 e. The van der Waals surface area contributed by atoms with Gasteiger partial charge in [0.25, 0.3) is 5.91 Å². The normalized spacial score (nSPS) is 25.4. The summed E-state index contributed by atoms with van der Waals surface area (Å²) in [7, 11) is 1.60. The number of carbonyl (C=O) groups excluding carboxylic acids is 3. The van der Waals surface area contributed by atoms with Crippen LogP contribution in [0.25, 0.3) is 0 Å². The monoisotopic (exact) mass is 416 g/mol. The van der Waals surface area contributed by atoms with Crippen LogP contribution in [-0.2, 0) is 16.1 Å². The van der Waals surface area contributed by atoms with Gasteiger partial charge in [-0.15, -0.1) is 0 Å². The SMILES string of the molecule is COc1c(C)cnc(CNC(=O)CN2C(=O)NC3(CC(C)CC(C)(C)C3)C2=O)c1C. The molecule has 8 heteroatoms. The number of nitrogens with zero attached hydrogens (tertiary/aromatic N) is 2. The van der Waals surface area contributed by atoms with E-state index in [2.05, 4.69) is 36.4 Å². The summed E-state index contributed by atoms with van der Waals surface area (Å²) >= 11 is 0. The first kappa shape index (κ1) is 22.1. The van der Waals surface area contributed by atoms with E-state index in [4.69, 9.17) is 4.74 Å². The van der Waals surface area contributed by atoms with E-state index < -0.39 is 17.5 Å². The van der Waals surface area contributed by atoms with Crippen molar-refractivity contribution in [2.45, 2.75) is 66.0 Å². The van der Waals surface area contributed by atoms with Crippen molar-refractivity contribution in [2.75, 3.05) is 13.7 Å². The van der Waals surface area contributed by atoms with E-state index in [0.29, 0.717) is 24.5 Å². The summed E-state index contributed by atoms with van der Waals surface area (Å²) in [6, 6.07) is -0.494. The standard InChI is InChI=1S/C22H32N4O4/c1-13-7-21(4,5)12-22(8-13)19(28)26(20(29)25-22)11-17(27)24-10-16-15(3)18(30-6)14(2)9-23-16/h9,13H,7-8,10-12H2,1-6H3,(H,24,27)(H,25,29). The predicted octanol–water partition coefficient (Wildman–Crippen LogP) is 2.46. The number of hydrogen-bond acceptors (Lipinski definition) is 5. The molecular formula is C22H32N4O4. The minimum atomic E-state index is -0.902. The van der Waals surface area contributed by atoms with E-state index in [1.165, 1.54) is 0 Å². The molecule has 2 unspecified atom stereocenters. The Morgan fingerprint density at radius 1 is 1.33 bits per heavy atom. The first-order chi connectivity index (χ1) is 14.0. The van der Waals surface area contributed by atoms with Crippen molar-refractivity contribution in [2.24, 2.45) is 11.3 Å². The van der Waals surface area contributed by atoms with Crippen molar-refractivity contribution in [1.29, 1.82) is 0 Å². The molecule has 1 aliphatic carbocycles. The quantitative estimate of drug-likeness (QED) is 0.718. The van der Waals surface area contributed by atoms with Gasteiger partial charge in [-0.05, 0) is 44.4 Å². The lowest BCUT2D eigenvalue weighted by Crippen LogP contribution is -2.54.